The number of anilines is 1. The quantitative estimate of drug-likeness (QED) is 0.523. The van der Waals surface area contributed by atoms with Crippen molar-refractivity contribution in [3.05, 3.63) is 59.7 Å². The maximum absolute atomic E-state index is 13.6. The second-order valence-electron chi connectivity index (χ2n) is 8.42. The zero-order valence-corrected chi connectivity index (χ0v) is 21.6. The van der Waals surface area contributed by atoms with Crippen molar-refractivity contribution in [1.29, 1.82) is 0 Å². The first kappa shape index (κ1) is 27.2. The Hall–Kier alpha value is -3.07. The van der Waals surface area contributed by atoms with E-state index in [4.69, 9.17) is 4.74 Å². The Bertz CT molecular complexity index is 1100. The van der Waals surface area contributed by atoms with E-state index >= 15 is 0 Å². The lowest BCUT2D eigenvalue weighted by atomic mass is 10.1. The summed E-state index contributed by atoms with van der Waals surface area (Å²) in [5, 5.41) is 2.91. The van der Waals surface area contributed by atoms with Gasteiger partial charge in [0.25, 0.3) is 0 Å². The van der Waals surface area contributed by atoms with Gasteiger partial charge in [-0.15, -0.1) is 0 Å². The molecule has 0 heterocycles. The lowest BCUT2D eigenvalue weighted by Crippen LogP contribution is -2.52. The monoisotopic (exact) mass is 489 g/mol. The van der Waals surface area contributed by atoms with Crippen LogP contribution in [0.3, 0.4) is 0 Å². The van der Waals surface area contributed by atoms with E-state index < -0.39 is 28.5 Å². The van der Waals surface area contributed by atoms with E-state index in [9.17, 15) is 18.0 Å². The van der Waals surface area contributed by atoms with E-state index in [2.05, 4.69) is 5.32 Å². The van der Waals surface area contributed by atoms with Crippen molar-refractivity contribution in [1.82, 2.24) is 10.2 Å². The van der Waals surface area contributed by atoms with Gasteiger partial charge in [-0.2, -0.15) is 0 Å². The molecule has 8 nitrogen and oxygen atoms in total. The van der Waals surface area contributed by atoms with E-state index in [0.29, 0.717) is 11.4 Å². The number of para-hydroxylation sites is 1. The molecule has 0 fully saturated rings. The highest BCUT2D eigenvalue weighted by molar-refractivity contribution is 7.92. The smallest absolute Gasteiger partial charge is 0.244 e. The molecule has 2 rings (SSSR count). The van der Waals surface area contributed by atoms with E-state index in [1.807, 2.05) is 19.9 Å². The second-order valence-corrected chi connectivity index (χ2v) is 10.3. The molecular weight excluding hydrogens is 454 g/mol. The predicted molar refractivity (Wildman–Crippen MR) is 134 cm³/mol. The average Bonchev–Trinajstić information content (AvgIpc) is 2.80. The van der Waals surface area contributed by atoms with Gasteiger partial charge in [0.1, 0.15) is 18.3 Å². The van der Waals surface area contributed by atoms with Crippen LogP contribution in [-0.4, -0.2) is 57.1 Å². The average molecular weight is 490 g/mol. The summed E-state index contributed by atoms with van der Waals surface area (Å²) in [4.78, 5) is 27.9. The molecule has 1 N–H and O–H groups in total. The third-order valence-electron chi connectivity index (χ3n) is 5.72. The molecule has 0 aliphatic heterocycles. The van der Waals surface area contributed by atoms with Gasteiger partial charge in [0, 0.05) is 12.6 Å². The molecule has 2 aromatic carbocycles. The molecule has 0 radical (unpaired) electrons. The number of hydrogen-bond acceptors (Lipinski definition) is 5. The van der Waals surface area contributed by atoms with Crippen molar-refractivity contribution in [2.24, 2.45) is 0 Å². The lowest BCUT2D eigenvalue weighted by Gasteiger charge is -2.32. The normalized spacial score (nSPS) is 13.0. The summed E-state index contributed by atoms with van der Waals surface area (Å²) in [6, 6.07) is 13.3. The molecule has 2 amide bonds. The lowest BCUT2D eigenvalue weighted by molar-refractivity contribution is -0.139. The second kappa shape index (κ2) is 11.9. The van der Waals surface area contributed by atoms with Gasteiger partial charge < -0.3 is 15.0 Å². The molecule has 0 aliphatic rings. The maximum Gasteiger partial charge on any atom is 0.244 e. The van der Waals surface area contributed by atoms with Crippen LogP contribution in [0.5, 0.6) is 5.75 Å². The van der Waals surface area contributed by atoms with Crippen LogP contribution in [0.4, 0.5) is 5.69 Å². The van der Waals surface area contributed by atoms with E-state index in [1.54, 1.807) is 63.4 Å². The first-order chi connectivity index (χ1) is 16.0. The van der Waals surface area contributed by atoms with Crippen molar-refractivity contribution in [2.45, 2.75) is 52.7 Å². The third kappa shape index (κ3) is 7.21. The highest BCUT2D eigenvalue weighted by Gasteiger charge is 2.30. The number of nitrogens with zero attached hydrogens (tertiary/aromatic N) is 2. The number of methoxy groups -OCH3 is 1. The largest absolute Gasteiger partial charge is 0.497 e. The highest BCUT2D eigenvalue weighted by atomic mass is 32.2. The summed E-state index contributed by atoms with van der Waals surface area (Å²) in [7, 11) is -2.20. The molecule has 2 atom stereocenters. The minimum absolute atomic E-state index is 0.0526. The fraction of sp³-hybridized carbons (Fsp3) is 0.440. The van der Waals surface area contributed by atoms with Crippen molar-refractivity contribution < 1.29 is 22.7 Å². The van der Waals surface area contributed by atoms with Crippen LogP contribution in [0.25, 0.3) is 0 Å². The zero-order valence-electron chi connectivity index (χ0n) is 20.7. The Morgan fingerprint density at radius 1 is 1.09 bits per heavy atom. The van der Waals surface area contributed by atoms with Crippen LogP contribution < -0.4 is 14.4 Å². The first-order valence-corrected chi connectivity index (χ1v) is 13.1. The van der Waals surface area contributed by atoms with Crippen molar-refractivity contribution in [3.63, 3.8) is 0 Å². The number of hydrogen-bond donors (Lipinski definition) is 1. The topological polar surface area (TPSA) is 96.0 Å². The summed E-state index contributed by atoms with van der Waals surface area (Å²) in [5.41, 5.74) is 1.91. The molecule has 0 saturated carbocycles. The summed E-state index contributed by atoms with van der Waals surface area (Å²) < 4.78 is 31.6. The number of carbonyl (C=O) groups excluding carboxylic acids is 2. The van der Waals surface area contributed by atoms with Crippen LogP contribution in [0.2, 0.25) is 0 Å². The number of carbonyl (C=O) groups is 2. The fourth-order valence-corrected chi connectivity index (χ4v) is 4.36. The Kier molecular flexibility index (Phi) is 9.49. The molecule has 34 heavy (non-hydrogen) atoms. The molecule has 0 bridgehead atoms. The van der Waals surface area contributed by atoms with Gasteiger partial charge in [-0.3, -0.25) is 13.9 Å². The molecule has 0 spiro atoms. The predicted octanol–water partition coefficient (Wildman–Crippen LogP) is 3.10. The van der Waals surface area contributed by atoms with E-state index in [-0.39, 0.29) is 18.5 Å². The van der Waals surface area contributed by atoms with Crippen LogP contribution in [0.15, 0.2) is 48.5 Å². The molecule has 9 heteroatoms. The number of amides is 2. The SMILES string of the molecule is CCC(C)NC(=O)C(C)N(Cc1cccc(OC)c1)C(=O)CN(c1ccccc1C)S(C)(=O)=O. The van der Waals surface area contributed by atoms with E-state index in [0.717, 1.165) is 28.1 Å². The van der Waals surface area contributed by atoms with Gasteiger partial charge in [0.15, 0.2) is 0 Å². The van der Waals surface area contributed by atoms with Crippen LogP contribution in [-0.2, 0) is 26.2 Å². The maximum atomic E-state index is 13.6. The number of sulfonamides is 1. The minimum atomic E-state index is -3.76. The van der Waals surface area contributed by atoms with Crippen LogP contribution >= 0.6 is 0 Å². The van der Waals surface area contributed by atoms with Gasteiger partial charge in [-0.1, -0.05) is 37.3 Å². The number of nitrogens with one attached hydrogen (secondary N) is 1. The standard InChI is InChI=1S/C25H35N3O5S/c1-7-19(3)26-25(30)20(4)27(16-21-12-10-13-22(15-21)33-5)24(29)17-28(34(6,31)32)23-14-9-8-11-18(23)2/h8-15,19-20H,7,16-17H2,1-6H3,(H,26,30). The fourth-order valence-electron chi connectivity index (χ4n) is 3.45. The molecule has 2 aromatic rings. The molecule has 2 unspecified atom stereocenters. The molecule has 0 saturated heterocycles. The summed E-state index contributed by atoms with van der Waals surface area (Å²) in [5.74, 6) is -0.157. The Morgan fingerprint density at radius 3 is 2.35 bits per heavy atom. The molecule has 0 aliphatic carbocycles. The summed E-state index contributed by atoms with van der Waals surface area (Å²) in [6.07, 6.45) is 1.82. The number of ether oxygens (including phenoxy) is 1. The summed E-state index contributed by atoms with van der Waals surface area (Å²) >= 11 is 0. The van der Waals surface area contributed by atoms with Crippen LogP contribution in [0.1, 0.15) is 38.3 Å². The molecular formula is C25H35N3O5S. The molecule has 186 valence electrons. The van der Waals surface area contributed by atoms with Crippen molar-refractivity contribution >= 4 is 27.5 Å². The Labute approximate surface area is 202 Å². The number of rotatable bonds is 11. The van der Waals surface area contributed by atoms with Gasteiger partial charge in [-0.05, 0) is 56.5 Å². The third-order valence-corrected chi connectivity index (χ3v) is 6.85. The van der Waals surface area contributed by atoms with Gasteiger partial charge in [0.2, 0.25) is 21.8 Å². The van der Waals surface area contributed by atoms with Gasteiger partial charge >= 0.3 is 0 Å². The molecule has 0 aromatic heterocycles. The van der Waals surface area contributed by atoms with Crippen molar-refractivity contribution in [2.75, 3.05) is 24.2 Å². The summed E-state index contributed by atoms with van der Waals surface area (Å²) in [6.45, 7) is 6.98. The van der Waals surface area contributed by atoms with Crippen molar-refractivity contribution in [3.8, 4) is 5.75 Å². The Morgan fingerprint density at radius 2 is 1.76 bits per heavy atom. The number of benzene rings is 2. The van der Waals surface area contributed by atoms with Gasteiger partial charge in [-0.25, -0.2) is 8.42 Å². The Balaban J connectivity index is 2.41. The number of aryl methyl sites for hydroxylation is 1. The minimum Gasteiger partial charge on any atom is -0.497 e. The van der Waals surface area contributed by atoms with Crippen LogP contribution in [0, 0.1) is 6.92 Å². The first-order valence-electron chi connectivity index (χ1n) is 11.2. The highest BCUT2D eigenvalue weighted by Crippen LogP contribution is 2.23. The van der Waals surface area contributed by atoms with Gasteiger partial charge in [0.05, 0.1) is 19.1 Å². The zero-order chi connectivity index (χ0) is 25.5. The van der Waals surface area contributed by atoms with E-state index in [1.165, 1.54) is 4.90 Å².